The lowest BCUT2D eigenvalue weighted by molar-refractivity contribution is 0.146. The molecule has 0 radical (unpaired) electrons. The van der Waals surface area contributed by atoms with Crippen molar-refractivity contribution in [2.24, 2.45) is 4.99 Å². The summed E-state index contributed by atoms with van der Waals surface area (Å²) >= 11 is 0. The molecule has 0 amide bonds. The molecular weight excluding hydrogens is 314 g/mol. The molecule has 0 saturated carbocycles. The number of guanidine groups is 1. The van der Waals surface area contributed by atoms with Gasteiger partial charge in [0.05, 0.1) is 6.26 Å². The molecular formula is C20H29N3O2. The Labute approximate surface area is 150 Å². The van der Waals surface area contributed by atoms with E-state index in [0.717, 1.165) is 57.4 Å². The third-order valence-corrected chi connectivity index (χ3v) is 3.77. The molecule has 136 valence electrons. The van der Waals surface area contributed by atoms with Crippen molar-refractivity contribution in [1.29, 1.82) is 0 Å². The fourth-order valence-corrected chi connectivity index (χ4v) is 2.49. The fraction of sp³-hybridized carbons (Fsp3) is 0.450. The van der Waals surface area contributed by atoms with Crippen molar-refractivity contribution < 1.29 is 9.15 Å². The molecule has 2 rings (SSSR count). The summed E-state index contributed by atoms with van der Waals surface area (Å²) in [6.45, 7) is 5.88. The molecule has 1 aromatic carbocycles. The molecule has 1 aromatic heterocycles. The standard InChI is InChI=1S/C20H29N3O2/c1-3-24-15-8-13-21-20(22-14-12-19-11-7-16-25-19)23(2)17-18-9-5-4-6-10-18/h4-7,9-11,16H,3,8,12-15,17H2,1-2H3,(H,21,22). The Bertz CT molecular complexity index is 597. The summed E-state index contributed by atoms with van der Waals surface area (Å²) in [5, 5.41) is 3.44. The highest BCUT2D eigenvalue weighted by molar-refractivity contribution is 5.79. The molecule has 2 aromatic rings. The van der Waals surface area contributed by atoms with Crippen LogP contribution in [0.25, 0.3) is 0 Å². The minimum absolute atomic E-state index is 0.752. The molecule has 0 atom stereocenters. The summed E-state index contributed by atoms with van der Waals surface area (Å²) < 4.78 is 10.8. The highest BCUT2D eigenvalue weighted by atomic mass is 16.5. The van der Waals surface area contributed by atoms with Crippen LogP contribution in [0.3, 0.4) is 0 Å². The number of benzene rings is 1. The van der Waals surface area contributed by atoms with Gasteiger partial charge in [0, 0.05) is 46.3 Å². The van der Waals surface area contributed by atoms with E-state index in [0.29, 0.717) is 0 Å². The van der Waals surface area contributed by atoms with Crippen LogP contribution in [-0.4, -0.2) is 44.2 Å². The van der Waals surface area contributed by atoms with E-state index >= 15 is 0 Å². The van der Waals surface area contributed by atoms with Gasteiger partial charge < -0.3 is 19.4 Å². The minimum atomic E-state index is 0.752. The third-order valence-electron chi connectivity index (χ3n) is 3.77. The van der Waals surface area contributed by atoms with Crippen molar-refractivity contribution in [3.05, 3.63) is 60.1 Å². The summed E-state index contributed by atoms with van der Waals surface area (Å²) in [7, 11) is 2.06. The number of nitrogens with zero attached hydrogens (tertiary/aromatic N) is 2. The zero-order chi connectivity index (χ0) is 17.7. The number of furan rings is 1. The number of rotatable bonds is 10. The van der Waals surface area contributed by atoms with Gasteiger partial charge in [-0.3, -0.25) is 4.99 Å². The zero-order valence-corrected chi connectivity index (χ0v) is 15.3. The maximum Gasteiger partial charge on any atom is 0.193 e. The van der Waals surface area contributed by atoms with E-state index in [2.05, 4.69) is 41.5 Å². The number of hydrogen-bond acceptors (Lipinski definition) is 3. The number of hydrogen-bond donors (Lipinski definition) is 1. The van der Waals surface area contributed by atoms with Crippen LogP contribution in [-0.2, 0) is 17.7 Å². The lowest BCUT2D eigenvalue weighted by atomic mass is 10.2. The average Bonchev–Trinajstić information content (AvgIpc) is 3.14. The Morgan fingerprint density at radius 1 is 1.20 bits per heavy atom. The van der Waals surface area contributed by atoms with Crippen molar-refractivity contribution in [3.8, 4) is 0 Å². The monoisotopic (exact) mass is 343 g/mol. The third kappa shape index (κ3) is 7.44. The van der Waals surface area contributed by atoms with Crippen molar-refractivity contribution >= 4 is 5.96 Å². The first-order valence-electron chi connectivity index (χ1n) is 8.93. The van der Waals surface area contributed by atoms with Crippen LogP contribution in [0.2, 0.25) is 0 Å². The second-order valence-electron chi connectivity index (χ2n) is 5.85. The molecule has 0 unspecified atom stereocenters. The summed E-state index contributed by atoms with van der Waals surface area (Å²) in [6, 6.07) is 14.3. The Kier molecular flexibility index (Phi) is 8.63. The molecule has 0 spiro atoms. The van der Waals surface area contributed by atoms with Gasteiger partial charge in [-0.15, -0.1) is 0 Å². The minimum Gasteiger partial charge on any atom is -0.469 e. The molecule has 5 nitrogen and oxygen atoms in total. The van der Waals surface area contributed by atoms with E-state index in [9.17, 15) is 0 Å². The van der Waals surface area contributed by atoms with Crippen LogP contribution < -0.4 is 5.32 Å². The first kappa shape index (κ1) is 19.1. The molecule has 0 saturated heterocycles. The maximum atomic E-state index is 5.39. The molecule has 0 fully saturated rings. The molecule has 1 heterocycles. The molecule has 25 heavy (non-hydrogen) atoms. The Morgan fingerprint density at radius 3 is 2.76 bits per heavy atom. The lowest BCUT2D eigenvalue weighted by Crippen LogP contribution is -2.39. The second-order valence-corrected chi connectivity index (χ2v) is 5.85. The van der Waals surface area contributed by atoms with Gasteiger partial charge in [-0.05, 0) is 31.0 Å². The Morgan fingerprint density at radius 2 is 2.04 bits per heavy atom. The summed E-state index contributed by atoms with van der Waals surface area (Å²) in [5.74, 6) is 1.89. The largest absolute Gasteiger partial charge is 0.469 e. The topological polar surface area (TPSA) is 50.0 Å². The highest BCUT2D eigenvalue weighted by Gasteiger charge is 2.07. The van der Waals surface area contributed by atoms with E-state index in [4.69, 9.17) is 14.1 Å². The SMILES string of the molecule is CCOCCCN=C(NCCc1ccco1)N(C)Cc1ccccc1. The van der Waals surface area contributed by atoms with Crippen LogP contribution in [0, 0.1) is 0 Å². The van der Waals surface area contributed by atoms with Crippen LogP contribution >= 0.6 is 0 Å². The number of ether oxygens (including phenoxy) is 1. The van der Waals surface area contributed by atoms with E-state index in [1.807, 2.05) is 25.1 Å². The molecule has 0 aliphatic carbocycles. The highest BCUT2D eigenvalue weighted by Crippen LogP contribution is 2.04. The molecule has 0 aliphatic heterocycles. The normalized spacial score (nSPS) is 11.5. The van der Waals surface area contributed by atoms with Crippen LogP contribution in [0.4, 0.5) is 0 Å². The number of nitrogens with one attached hydrogen (secondary N) is 1. The van der Waals surface area contributed by atoms with E-state index in [1.165, 1.54) is 5.56 Å². The van der Waals surface area contributed by atoms with Gasteiger partial charge in [0.1, 0.15) is 5.76 Å². The predicted molar refractivity (Wildman–Crippen MR) is 102 cm³/mol. The molecule has 0 bridgehead atoms. The zero-order valence-electron chi connectivity index (χ0n) is 15.3. The molecule has 1 N–H and O–H groups in total. The first-order valence-corrected chi connectivity index (χ1v) is 8.93. The summed E-state index contributed by atoms with van der Waals surface area (Å²) in [5.41, 5.74) is 1.26. The van der Waals surface area contributed by atoms with Gasteiger partial charge in [0.15, 0.2) is 5.96 Å². The van der Waals surface area contributed by atoms with Crippen molar-refractivity contribution in [1.82, 2.24) is 10.2 Å². The van der Waals surface area contributed by atoms with Gasteiger partial charge in [0.2, 0.25) is 0 Å². The van der Waals surface area contributed by atoms with Gasteiger partial charge >= 0.3 is 0 Å². The van der Waals surface area contributed by atoms with Gasteiger partial charge in [-0.25, -0.2) is 0 Å². The second kappa shape index (κ2) is 11.3. The molecule has 5 heteroatoms. The summed E-state index contributed by atoms with van der Waals surface area (Å²) in [6.07, 6.45) is 3.47. The summed E-state index contributed by atoms with van der Waals surface area (Å²) in [4.78, 5) is 6.88. The smallest absolute Gasteiger partial charge is 0.193 e. The molecule has 0 aliphatic rings. The fourth-order valence-electron chi connectivity index (χ4n) is 2.49. The Balaban J connectivity index is 1.88. The van der Waals surface area contributed by atoms with Crippen molar-refractivity contribution in [2.75, 3.05) is 33.4 Å². The van der Waals surface area contributed by atoms with Crippen molar-refractivity contribution in [2.45, 2.75) is 26.3 Å². The van der Waals surface area contributed by atoms with Crippen LogP contribution in [0.1, 0.15) is 24.7 Å². The number of aliphatic imine (C=N–C) groups is 1. The first-order chi connectivity index (χ1) is 12.3. The van der Waals surface area contributed by atoms with Gasteiger partial charge in [-0.2, -0.15) is 0 Å². The average molecular weight is 343 g/mol. The maximum absolute atomic E-state index is 5.39. The predicted octanol–water partition coefficient (Wildman–Crippen LogP) is 3.33. The quantitative estimate of drug-likeness (QED) is 0.408. The van der Waals surface area contributed by atoms with Crippen LogP contribution in [0.5, 0.6) is 0 Å². The van der Waals surface area contributed by atoms with Gasteiger partial charge in [-0.1, -0.05) is 30.3 Å². The lowest BCUT2D eigenvalue weighted by Gasteiger charge is -2.22. The van der Waals surface area contributed by atoms with E-state index in [1.54, 1.807) is 6.26 Å². The van der Waals surface area contributed by atoms with E-state index in [-0.39, 0.29) is 0 Å². The van der Waals surface area contributed by atoms with Crippen molar-refractivity contribution in [3.63, 3.8) is 0 Å². The van der Waals surface area contributed by atoms with Crippen LogP contribution in [0.15, 0.2) is 58.1 Å². The van der Waals surface area contributed by atoms with E-state index < -0.39 is 0 Å². The Hall–Kier alpha value is -2.27. The van der Waals surface area contributed by atoms with Gasteiger partial charge in [0.25, 0.3) is 0 Å².